The molecule has 0 saturated carbocycles. The number of aromatic nitrogens is 2. The van der Waals surface area contributed by atoms with Crippen LogP contribution in [0.2, 0.25) is 0 Å². The van der Waals surface area contributed by atoms with Crippen LogP contribution in [0.3, 0.4) is 0 Å². The van der Waals surface area contributed by atoms with Gasteiger partial charge in [-0.25, -0.2) is 0 Å². The second kappa shape index (κ2) is 4.92. The lowest BCUT2D eigenvalue weighted by Crippen LogP contribution is -2.29. The van der Waals surface area contributed by atoms with Crippen LogP contribution in [0, 0.1) is 16.1 Å². The summed E-state index contributed by atoms with van der Waals surface area (Å²) in [6.07, 6.45) is 0. The molecule has 1 N–H and O–H groups in total. The molecule has 0 amide bonds. The fourth-order valence-corrected chi connectivity index (χ4v) is 2.11. The zero-order valence-corrected chi connectivity index (χ0v) is 11.6. The maximum atomic E-state index is 8.96. The number of hydrogen-bond acceptors (Lipinski definition) is 3. The number of imidazole rings is 1. The Kier molecular flexibility index (Phi) is 3.50. The summed E-state index contributed by atoms with van der Waals surface area (Å²) in [5, 5.41) is 8.96. The van der Waals surface area contributed by atoms with Gasteiger partial charge in [-0.15, -0.1) is 0 Å². The number of nitriles is 1. The molecule has 0 radical (unpaired) electrons. The van der Waals surface area contributed by atoms with Gasteiger partial charge in [0, 0.05) is 12.6 Å². The number of aromatic amines is 1. The summed E-state index contributed by atoms with van der Waals surface area (Å²) in [6.45, 7) is 2.95. The van der Waals surface area contributed by atoms with Gasteiger partial charge in [-0.1, -0.05) is 0 Å². The molecule has 0 aliphatic carbocycles. The summed E-state index contributed by atoms with van der Waals surface area (Å²) in [4.78, 5) is 5.32. The minimum Gasteiger partial charge on any atom is -0.331 e. The summed E-state index contributed by atoms with van der Waals surface area (Å²) >= 11 is 5.34. The van der Waals surface area contributed by atoms with Crippen molar-refractivity contribution in [1.82, 2.24) is 14.5 Å². The van der Waals surface area contributed by atoms with Crippen molar-refractivity contribution >= 4 is 23.3 Å². The van der Waals surface area contributed by atoms with Crippen LogP contribution >= 0.6 is 12.2 Å². The largest absolute Gasteiger partial charge is 0.331 e. The molecular formula is C13H16N4S. The van der Waals surface area contributed by atoms with Gasteiger partial charge in [-0.05, 0) is 51.4 Å². The Hall–Kier alpha value is -1.64. The molecule has 1 heterocycles. The van der Waals surface area contributed by atoms with E-state index >= 15 is 0 Å². The number of hydrogen-bond donors (Lipinski definition) is 1. The molecule has 4 nitrogen and oxygen atoms in total. The van der Waals surface area contributed by atoms with Crippen LogP contribution in [-0.2, 0) is 6.54 Å². The molecule has 5 heteroatoms. The molecule has 1 unspecified atom stereocenters. The van der Waals surface area contributed by atoms with E-state index < -0.39 is 0 Å². The van der Waals surface area contributed by atoms with Gasteiger partial charge in [0.2, 0.25) is 0 Å². The number of likely N-dealkylation sites (N-methyl/N-ethyl adjacent to an activating group) is 1. The number of rotatable bonds is 3. The van der Waals surface area contributed by atoms with E-state index in [-0.39, 0.29) is 0 Å². The van der Waals surface area contributed by atoms with Crippen molar-refractivity contribution in [3.8, 4) is 6.07 Å². The highest BCUT2D eigenvalue weighted by molar-refractivity contribution is 7.71. The van der Waals surface area contributed by atoms with Crippen LogP contribution in [0.15, 0.2) is 18.2 Å². The molecule has 0 bridgehead atoms. The van der Waals surface area contributed by atoms with Crippen molar-refractivity contribution in [1.29, 1.82) is 5.26 Å². The third-order valence-electron chi connectivity index (χ3n) is 3.23. The normalized spacial score (nSPS) is 12.8. The predicted octanol–water partition coefficient (Wildman–Crippen LogP) is 2.52. The van der Waals surface area contributed by atoms with Crippen molar-refractivity contribution < 1.29 is 0 Å². The van der Waals surface area contributed by atoms with Crippen LogP contribution in [0.1, 0.15) is 12.5 Å². The van der Waals surface area contributed by atoms with Gasteiger partial charge in [-0.3, -0.25) is 0 Å². The third kappa shape index (κ3) is 2.30. The van der Waals surface area contributed by atoms with Crippen LogP contribution < -0.4 is 0 Å². The van der Waals surface area contributed by atoms with Crippen molar-refractivity contribution in [2.75, 3.05) is 14.1 Å². The Balaban J connectivity index is 2.52. The van der Waals surface area contributed by atoms with Crippen molar-refractivity contribution in [3.05, 3.63) is 28.5 Å². The summed E-state index contributed by atoms with van der Waals surface area (Å²) in [7, 11) is 4.09. The highest BCUT2D eigenvalue weighted by Crippen LogP contribution is 2.17. The molecule has 0 aliphatic heterocycles. The number of nitrogens with zero attached hydrogens (tertiary/aromatic N) is 3. The lowest BCUT2D eigenvalue weighted by molar-refractivity contribution is 0.285. The first kappa shape index (κ1) is 12.8. The van der Waals surface area contributed by atoms with E-state index in [0.29, 0.717) is 16.4 Å². The molecule has 0 fully saturated rings. The fraction of sp³-hybridized carbons (Fsp3) is 0.385. The van der Waals surface area contributed by atoms with E-state index in [4.69, 9.17) is 17.5 Å². The van der Waals surface area contributed by atoms with Crippen molar-refractivity contribution in [3.63, 3.8) is 0 Å². The molecule has 18 heavy (non-hydrogen) atoms. The molecule has 0 aliphatic rings. The van der Waals surface area contributed by atoms with Crippen LogP contribution in [-0.4, -0.2) is 34.6 Å². The highest BCUT2D eigenvalue weighted by Gasteiger charge is 2.10. The average molecular weight is 260 g/mol. The predicted molar refractivity (Wildman–Crippen MR) is 75.0 cm³/mol. The second-order valence-electron chi connectivity index (χ2n) is 4.70. The third-order valence-corrected chi connectivity index (χ3v) is 3.56. The van der Waals surface area contributed by atoms with E-state index in [0.717, 1.165) is 17.6 Å². The van der Waals surface area contributed by atoms with Gasteiger partial charge >= 0.3 is 0 Å². The van der Waals surface area contributed by atoms with Crippen LogP contribution in [0.4, 0.5) is 0 Å². The SMILES string of the molecule is CC(Cn1c(=S)[nH]c2ccc(C#N)cc21)N(C)C. The van der Waals surface area contributed by atoms with Gasteiger partial charge in [-0.2, -0.15) is 5.26 Å². The standard InChI is InChI=1S/C13H16N4S/c1-9(16(2)3)8-17-12-6-10(7-14)4-5-11(12)15-13(17)18/h4-6,9H,8H2,1-3H3,(H,15,18). The Labute approximate surface area is 111 Å². The molecule has 2 aromatic rings. The Morgan fingerprint density at radius 2 is 2.22 bits per heavy atom. The van der Waals surface area contributed by atoms with E-state index in [9.17, 15) is 0 Å². The van der Waals surface area contributed by atoms with E-state index in [1.165, 1.54) is 0 Å². The van der Waals surface area contributed by atoms with Gasteiger partial charge < -0.3 is 14.5 Å². The molecular weight excluding hydrogens is 244 g/mol. The molecule has 1 aromatic carbocycles. The molecule has 1 aromatic heterocycles. The Morgan fingerprint density at radius 1 is 1.50 bits per heavy atom. The zero-order valence-electron chi connectivity index (χ0n) is 10.8. The quantitative estimate of drug-likeness (QED) is 0.863. The monoisotopic (exact) mass is 260 g/mol. The van der Waals surface area contributed by atoms with E-state index in [1.54, 1.807) is 6.07 Å². The Morgan fingerprint density at radius 3 is 2.83 bits per heavy atom. The molecule has 94 valence electrons. The number of nitrogens with one attached hydrogen (secondary N) is 1. The van der Waals surface area contributed by atoms with E-state index in [2.05, 4.69) is 27.4 Å². The summed E-state index contributed by atoms with van der Waals surface area (Å²) in [6, 6.07) is 8.12. The average Bonchev–Trinajstić information content (AvgIpc) is 2.65. The maximum absolute atomic E-state index is 8.96. The maximum Gasteiger partial charge on any atom is 0.178 e. The van der Waals surface area contributed by atoms with Gasteiger partial charge in [0.15, 0.2) is 4.77 Å². The van der Waals surface area contributed by atoms with E-state index in [1.807, 2.05) is 26.2 Å². The lowest BCUT2D eigenvalue weighted by atomic mass is 10.2. The first-order chi connectivity index (χ1) is 8.52. The number of H-pyrrole nitrogens is 1. The second-order valence-corrected chi connectivity index (χ2v) is 5.08. The lowest BCUT2D eigenvalue weighted by Gasteiger charge is -2.20. The molecule has 1 atom stereocenters. The first-order valence-corrected chi connectivity index (χ1v) is 6.23. The minimum atomic E-state index is 0.376. The van der Waals surface area contributed by atoms with Crippen molar-refractivity contribution in [2.45, 2.75) is 19.5 Å². The molecule has 0 spiro atoms. The van der Waals surface area contributed by atoms with Gasteiger partial charge in [0.05, 0.1) is 22.7 Å². The van der Waals surface area contributed by atoms with Gasteiger partial charge in [0.25, 0.3) is 0 Å². The topological polar surface area (TPSA) is 47.8 Å². The molecule has 0 saturated heterocycles. The van der Waals surface area contributed by atoms with Crippen LogP contribution in [0.25, 0.3) is 11.0 Å². The Bertz CT molecular complexity index is 660. The highest BCUT2D eigenvalue weighted by atomic mass is 32.1. The van der Waals surface area contributed by atoms with Crippen molar-refractivity contribution in [2.24, 2.45) is 0 Å². The number of benzene rings is 1. The first-order valence-electron chi connectivity index (χ1n) is 5.82. The zero-order chi connectivity index (χ0) is 13.3. The van der Waals surface area contributed by atoms with Crippen LogP contribution in [0.5, 0.6) is 0 Å². The summed E-state index contributed by atoms with van der Waals surface area (Å²) < 4.78 is 2.75. The minimum absolute atomic E-state index is 0.376. The molecule has 2 rings (SSSR count). The summed E-state index contributed by atoms with van der Waals surface area (Å²) in [5.41, 5.74) is 2.63. The smallest absolute Gasteiger partial charge is 0.178 e. The fourth-order valence-electron chi connectivity index (χ4n) is 1.83. The van der Waals surface area contributed by atoms with Gasteiger partial charge in [0.1, 0.15) is 0 Å². The number of fused-ring (bicyclic) bond motifs is 1. The summed E-state index contributed by atoms with van der Waals surface area (Å²) in [5.74, 6) is 0.